The highest BCUT2D eigenvalue weighted by atomic mass is 32.1. The maximum atomic E-state index is 12.6. The second-order valence-corrected chi connectivity index (χ2v) is 8.25. The van der Waals surface area contributed by atoms with Gasteiger partial charge in [-0.2, -0.15) is 0 Å². The Balaban J connectivity index is 1.83. The fourth-order valence-electron chi connectivity index (χ4n) is 3.70. The van der Waals surface area contributed by atoms with Gasteiger partial charge in [-0.1, -0.05) is 25.1 Å². The van der Waals surface area contributed by atoms with Gasteiger partial charge in [0.2, 0.25) is 0 Å². The molecule has 0 saturated carbocycles. The molecule has 1 aliphatic rings. The number of carbonyl (C=O) groups excluding carboxylic acids is 1. The lowest BCUT2D eigenvalue weighted by Gasteiger charge is -2.18. The summed E-state index contributed by atoms with van der Waals surface area (Å²) in [6.45, 7) is 4.27. The van der Waals surface area contributed by atoms with Crippen LogP contribution in [0.1, 0.15) is 46.6 Å². The van der Waals surface area contributed by atoms with E-state index in [9.17, 15) is 14.7 Å². The number of hydrogen-bond donors (Lipinski definition) is 1. The minimum Gasteiger partial charge on any atom is -0.480 e. The van der Waals surface area contributed by atoms with Crippen molar-refractivity contribution in [3.63, 3.8) is 0 Å². The Labute approximate surface area is 171 Å². The molecule has 0 bridgehead atoms. The number of thiophene rings is 1. The van der Waals surface area contributed by atoms with Crippen molar-refractivity contribution in [2.75, 3.05) is 6.61 Å². The van der Waals surface area contributed by atoms with E-state index in [1.807, 2.05) is 0 Å². The molecule has 0 aliphatic heterocycles. The maximum absolute atomic E-state index is 12.6. The van der Waals surface area contributed by atoms with Gasteiger partial charge in [0, 0.05) is 16.5 Å². The number of aromatic hydroxyl groups is 1. The van der Waals surface area contributed by atoms with Crippen LogP contribution in [0.2, 0.25) is 0 Å². The van der Waals surface area contributed by atoms with Gasteiger partial charge >= 0.3 is 11.6 Å². The Hall–Kier alpha value is -2.93. The summed E-state index contributed by atoms with van der Waals surface area (Å²) in [6, 6.07) is 6.85. The third-order valence-corrected chi connectivity index (χ3v) is 6.30. The van der Waals surface area contributed by atoms with E-state index < -0.39 is 11.6 Å². The summed E-state index contributed by atoms with van der Waals surface area (Å²) < 4.78 is 10.2. The topological polar surface area (TPSA) is 89.1 Å². The first-order valence-electron chi connectivity index (χ1n) is 9.60. The fraction of sp³-hybridized carbons (Fsp3) is 0.318. The van der Waals surface area contributed by atoms with Crippen LogP contribution in [0.25, 0.3) is 10.8 Å². The van der Waals surface area contributed by atoms with E-state index in [1.165, 1.54) is 17.6 Å². The molecule has 29 heavy (non-hydrogen) atoms. The van der Waals surface area contributed by atoms with Crippen LogP contribution < -0.4 is 5.63 Å². The average molecular weight is 411 g/mol. The maximum Gasteiger partial charge on any atom is 0.346 e. The molecular formula is C22H21NO5S. The predicted molar refractivity (Wildman–Crippen MR) is 113 cm³/mol. The molecule has 1 aromatic carbocycles. The van der Waals surface area contributed by atoms with Gasteiger partial charge in [0.25, 0.3) is 5.95 Å². The average Bonchev–Trinajstić information content (AvgIpc) is 3.05. The summed E-state index contributed by atoms with van der Waals surface area (Å²) in [5.74, 6) is -0.310. The van der Waals surface area contributed by atoms with E-state index in [0.29, 0.717) is 32.8 Å². The van der Waals surface area contributed by atoms with Crippen molar-refractivity contribution in [3.05, 3.63) is 56.3 Å². The minimum atomic E-state index is -0.608. The van der Waals surface area contributed by atoms with Gasteiger partial charge in [-0.05, 0) is 43.7 Å². The molecule has 2 heterocycles. The van der Waals surface area contributed by atoms with Crippen molar-refractivity contribution in [1.29, 1.82) is 0 Å². The number of hydrogen-bond acceptors (Lipinski definition) is 7. The first-order chi connectivity index (χ1) is 14.0. The van der Waals surface area contributed by atoms with Gasteiger partial charge in [-0.15, -0.1) is 11.3 Å². The van der Waals surface area contributed by atoms with Crippen LogP contribution in [0, 0.1) is 5.92 Å². The Morgan fingerprint density at radius 3 is 2.90 bits per heavy atom. The Bertz CT molecular complexity index is 1170. The highest BCUT2D eigenvalue weighted by Crippen LogP contribution is 2.41. The Morgan fingerprint density at radius 1 is 1.38 bits per heavy atom. The molecule has 0 amide bonds. The molecule has 2 aromatic heterocycles. The molecule has 7 heteroatoms. The fourth-order valence-corrected chi connectivity index (χ4v) is 5.04. The molecule has 3 aromatic rings. The third kappa shape index (κ3) is 3.58. The van der Waals surface area contributed by atoms with E-state index >= 15 is 0 Å². The second-order valence-electron chi connectivity index (χ2n) is 7.16. The van der Waals surface area contributed by atoms with Gasteiger partial charge in [-0.3, -0.25) is 0 Å². The molecule has 1 N–H and O–H groups in total. The zero-order chi connectivity index (χ0) is 20.5. The lowest BCUT2D eigenvalue weighted by Crippen LogP contribution is -2.13. The minimum absolute atomic E-state index is 0.290. The van der Waals surface area contributed by atoms with E-state index in [-0.39, 0.29) is 12.6 Å². The van der Waals surface area contributed by atoms with Crippen molar-refractivity contribution in [1.82, 2.24) is 0 Å². The van der Waals surface area contributed by atoms with Gasteiger partial charge in [0.15, 0.2) is 0 Å². The normalized spacial score (nSPS) is 16.3. The number of nitrogens with zero attached hydrogens (tertiary/aromatic N) is 1. The number of rotatable bonds is 4. The van der Waals surface area contributed by atoms with Crippen LogP contribution in [0.15, 0.2) is 38.5 Å². The van der Waals surface area contributed by atoms with E-state index in [0.717, 1.165) is 29.7 Å². The Morgan fingerprint density at radius 2 is 2.14 bits per heavy atom. The van der Waals surface area contributed by atoms with Crippen LogP contribution in [0.5, 0.6) is 5.95 Å². The third-order valence-electron chi connectivity index (χ3n) is 5.14. The smallest absolute Gasteiger partial charge is 0.346 e. The number of carbonyl (C=O) groups is 1. The molecule has 0 spiro atoms. The summed E-state index contributed by atoms with van der Waals surface area (Å²) in [5, 5.41) is 11.6. The molecule has 4 rings (SSSR count). The van der Waals surface area contributed by atoms with Gasteiger partial charge < -0.3 is 14.3 Å². The zero-order valence-electron chi connectivity index (χ0n) is 16.2. The zero-order valence-corrected chi connectivity index (χ0v) is 17.0. The first kappa shape index (κ1) is 19.4. The number of ether oxygens (including phenoxy) is 1. The molecule has 0 saturated heterocycles. The highest BCUT2D eigenvalue weighted by molar-refractivity contribution is 7.16. The molecule has 0 unspecified atom stereocenters. The Kier molecular flexibility index (Phi) is 5.24. The van der Waals surface area contributed by atoms with Crippen molar-refractivity contribution >= 4 is 39.3 Å². The van der Waals surface area contributed by atoms with Gasteiger partial charge in [0.05, 0.1) is 23.1 Å². The number of benzene rings is 1. The van der Waals surface area contributed by atoms with Gasteiger partial charge in [0.1, 0.15) is 5.00 Å². The summed E-state index contributed by atoms with van der Waals surface area (Å²) in [7, 11) is 0. The lowest BCUT2D eigenvalue weighted by atomic mass is 9.88. The number of esters is 1. The molecule has 6 nitrogen and oxygen atoms in total. The van der Waals surface area contributed by atoms with Crippen LogP contribution in [-0.4, -0.2) is 23.9 Å². The van der Waals surface area contributed by atoms with Crippen molar-refractivity contribution < 1.29 is 19.1 Å². The molecular weight excluding hydrogens is 390 g/mol. The van der Waals surface area contributed by atoms with Crippen molar-refractivity contribution in [3.8, 4) is 5.95 Å². The molecule has 0 radical (unpaired) electrons. The molecule has 150 valence electrons. The number of fused-ring (bicyclic) bond motifs is 2. The summed E-state index contributed by atoms with van der Waals surface area (Å²) in [4.78, 5) is 30.3. The molecule has 1 aliphatic carbocycles. The lowest BCUT2D eigenvalue weighted by molar-refractivity contribution is 0.0526. The quantitative estimate of drug-likeness (QED) is 0.500. The predicted octanol–water partition coefficient (Wildman–Crippen LogP) is 4.61. The monoisotopic (exact) mass is 411 g/mol. The van der Waals surface area contributed by atoms with Crippen LogP contribution >= 0.6 is 11.3 Å². The van der Waals surface area contributed by atoms with Crippen LogP contribution in [0.3, 0.4) is 0 Å². The SMILES string of the molecule is CCOC(=O)c1c(N=Cc2c(O)oc(=O)c3ccccc23)sc2c1CC[C@H](C)C2. The van der Waals surface area contributed by atoms with Crippen molar-refractivity contribution in [2.24, 2.45) is 10.9 Å². The van der Waals surface area contributed by atoms with E-state index in [2.05, 4.69) is 11.9 Å². The van der Waals surface area contributed by atoms with Crippen LogP contribution in [-0.2, 0) is 17.6 Å². The van der Waals surface area contributed by atoms with Gasteiger partial charge in [-0.25, -0.2) is 14.6 Å². The standard InChI is InChI=1S/C22H21NO5S/c1-3-27-22(26)18-15-9-8-12(2)10-17(15)29-19(18)23-11-16-13-6-4-5-7-14(13)20(24)28-21(16)25/h4-7,11-12,25H,3,8-10H2,1-2H3/t12-/m0/s1. The second kappa shape index (κ2) is 7.83. The summed E-state index contributed by atoms with van der Waals surface area (Å²) >= 11 is 1.48. The number of aliphatic imine (C=N–C) groups is 1. The molecule has 1 atom stereocenters. The summed E-state index contributed by atoms with van der Waals surface area (Å²) in [5.41, 5.74) is 1.22. The first-order valence-corrected chi connectivity index (χ1v) is 10.4. The largest absolute Gasteiger partial charge is 0.480 e. The summed E-state index contributed by atoms with van der Waals surface area (Å²) in [6.07, 6.45) is 4.21. The molecule has 0 fully saturated rings. The van der Waals surface area contributed by atoms with E-state index in [4.69, 9.17) is 9.15 Å². The van der Waals surface area contributed by atoms with E-state index in [1.54, 1.807) is 31.2 Å². The highest BCUT2D eigenvalue weighted by Gasteiger charge is 2.28. The van der Waals surface area contributed by atoms with Crippen LogP contribution in [0.4, 0.5) is 5.00 Å². The van der Waals surface area contributed by atoms with Crippen molar-refractivity contribution in [2.45, 2.75) is 33.1 Å².